The summed E-state index contributed by atoms with van der Waals surface area (Å²) in [6.45, 7) is 0. The Labute approximate surface area is 325 Å². The van der Waals surface area contributed by atoms with Crippen molar-refractivity contribution in [3.05, 3.63) is 212 Å². The fraction of sp³-hybridized carbons (Fsp3) is 0. The van der Waals surface area contributed by atoms with Gasteiger partial charge < -0.3 is 9.32 Å². The first-order valence-corrected chi connectivity index (χ1v) is 19.2. The summed E-state index contributed by atoms with van der Waals surface area (Å²) in [5.74, 6) is 0. The monoisotopic (exact) mass is 713 g/mol. The molecule has 262 valence electrons. The largest absolute Gasteiger partial charge is 0.455 e. The molecule has 0 atom stereocenters. The van der Waals surface area contributed by atoms with Gasteiger partial charge in [-0.15, -0.1) is 0 Å². The van der Waals surface area contributed by atoms with E-state index in [4.69, 9.17) is 4.42 Å². The highest BCUT2D eigenvalue weighted by atomic mass is 16.3. The minimum atomic E-state index is 0.908. The number of hydrogen-bond donors (Lipinski definition) is 0. The van der Waals surface area contributed by atoms with Crippen LogP contribution < -0.4 is 4.90 Å². The minimum Gasteiger partial charge on any atom is -0.455 e. The van der Waals surface area contributed by atoms with Gasteiger partial charge in [-0.25, -0.2) is 0 Å². The molecule has 0 radical (unpaired) electrons. The van der Waals surface area contributed by atoms with Crippen LogP contribution in [0.25, 0.3) is 87.6 Å². The zero-order valence-corrected chi connectivity index (χ0v) is 30.6. The molecule has 0 fully saturated rings. The van der Waals surface area contributed by atoms with Crippen molar-refractivity contribution in [2.75, 3.05) is 4.90 Å². The van der Waals surface area contributed by atoms with Gasteiger partial charge in [-0.3, -0.25) is 0 Å². The van der Waals surface area contributed by atoms with Gasteiger partial charge in [-0.2, -0.15) is 0 Å². The van der Waals surface area contributed by atoms with E-state index in [0.717, 1.165) is 50.1 Å². The molecule has 0 aliphatic rings. The van der Waals surface area contributed by atoms with Crippen molar-refractivity contribution in [2.45, 2.75) is 0 Å². The Morgan fingerprint density at radius 2 is 0.804 bits per heavy atom. The van der Waals surface area contributed by atoms with Gasteiger partial charge in [-0.1, -0.05) is 164 Å². The van der Waals surface area contributed by atoms with E-state index in [1.165, 1.54) is 54.6 Å². The normalized spacial score (nSPS) is 11.6. The first kappa shape index (κ1) is 32.0. The Kier molecular flexibility index (Phi) is 7.53. The molecule has 11 aromatic rings. The average molecular weight is 714 g/mol. The van der Waals surface area contributed by atoms with Crippen molar-refractivity contribution in [3.63, 3.8) is 0 Å². The summed E-state index contributed by atoms with van der Waals surface area (Å²) in [6, 6.07) is 76.5. The number of anilines is 3. The lowest BCUT2D eigenvalue weighted by Crippen LogP contribution is -2.09. The van der Waals surface area contributed by atoms with Crippen LogP contribution in [-0.2, 0) is 0 Å². The van der Waals surface area contributed by atoms with Crippen LogP contribution in [0, 0.1) is 0 Å². The Morgan fingerprint density at radius 1 is 0.286 bits per heavy atom. The molecule has 0 unspecified atom stereocenters. The Hall–Kier alpha value is -7.42. The van der Waals surface area contributed by atoms with Crippen LogP contribution in [0.4, 0.5) is 17.1 Å². The maximum atomic E-state index is 6.41. The van der Waals surface area contributed by atoms with Crippen molar-refractivity contribution in [1.29, 1.82) is 0 Å². The summed E-state index contributed by atoms with van der Waals surface area (Å²) in [5, 5.41) is 9.77. The predicted octanol–water partition coefficient (Wildman–Crippen LogP) is 15.5. The Balaban J connectivity index is 0.968. The smallest absolute Gasteiger partial charge is 0.143 e. The van der Waals surface area contributed by atoms with Crippen molar-refractivity contribution < 1.29 is 4.42 Å². The summed E-state index contributed by atoms with van der Waals surface area (Å²) < 4.78 is 6.41. The second kappa shape index (κ2) is 13.2. The molecule has 0 N–H and O–H groups in total. The predicted molar refractivity (Wildman–Crippen MR) is 237 cm³/mol. The van der Waals surface area contributed by atoms with E-state index < -0.39 is 0 Å². The standard InChI is InChI=1S/C54H35NO/c1-2-10-42-34-43(22-20-36(42)8-1)39-18-16-37(17-19-39)38-24-28-45(29-25-38)55(47-32-33-49-44(35-47)23-21-40-9-3-4-11-48(40)49)46-30-26-41(27-31-46)50-13-7-14-52-51-12-5-6-15-53(51)56-54(50)52/h1-35H. The topological polar surface area (TPSA) is 16.4 Å². The third-order valence-electron chi connectivity index (χ3n) is 11.3. The minimum absolute atomic E-state index is 0.908. The number of benzene rings is 10. The SMILES string of the molecule is c1ccc2cc(-c3ccc(-c4ccc(N(c5ccc(-c6cccc7c6oc6ccccc67)cc5)c5ccc6c(ccc7ccccc76)c5)cc4)cc3)ccc2c1. The first-order valence-electron chi connectivity index (χ1n) is 19.2. The molecule has 0 saturated carbocycles. The van der Waals surface area contributed by atoms with E-state index in [1.807, 2.05) is 12.1 Å². The van der Waals surface area contributed by atoms with Crippen molar-refractivity contribution in [2.24, 2.45) is 0 Å². The number of nitrogens with zero attached hydrogens (tertiary/aromatic N) is 1. The lowest BCUT2D eigenvalue weighted by atomic mass is 9.98. The zero-order chi connectivity index (χ0) is 37.0. The quantitative estimate of drug-likeness (QED) is 0.160. The van der Waals surface area contributed by atoms with Crippen molar-refractivity contribution in [1.82, 2.24) is 0 Å². The van der Waals surface area contributed by atoms with Crippen LogP contribution in [0.2, 0.25) is 0 Å². The van der Waals surface area contributed by atoms with E-state index in [2.05, 4.69) is 205 Å². The maximum Gasteiger partial charge on any atom is 0.143 e. The number of para-hydroxylation sites is 2. The molecule has 2 heteroatoms. The molecule has 0 spiro atoms. The summed E-state index contributed by atoms with van der Waals surface area (Å²) >= 11 is 0. The van der Waals surface area contributed by atoms with Gasteiger partial charge in [-0.05, 0) is 109 Å². The van der Waals surface area contributed by atoms with E-state index in [0.29, 0.717) is 0 Å². The fourth-order valence-corrected chi connectivity index (χ4v) is 8.38. The maximum absolute atomic E-state index is 6.41. The molecule has 0 aliphatic heterocycles. The third kappa shape index (κ3) is 5.51. The van der Waals surface area contributed by atoms with Crippen molar-refractivity contribution >= 4 is 71.3 Å². The Bertz CT molecular complexity index is 3230. The van der Waals surface area contributed by atoms with Gasteiger partial charge in [0.1, 0.15) is 11.2 Å². The lowest BCUT2D eigenvalue weighted by molar-refractivity contribution is 0.670. The highest BCUT2D eigenvalue weighted by Gasteiger charge is 2.16. The first-order chi connectivity index (χ1) is 27.7. The van der Waals surface area contributed by atoms with Gasteiger partial charge >= 0.3 is 0 Å². The summed E-state index contributed by atoms with van der Waals surface area (Å²) in [5.41, 5.74) is 12.1. The van der Waals surface area contributed by atoms with E-state index >= 15 is 0 Å². The number of hydrogen-bond acceptors (Lipinski definition) is 2. The van der Waals surface area contributed by atoms with Crippen LogP contribution >= 0.6 is 0 Å². The lowest BCUT2D eigenvalue weighted by Gasteiger charge is -2.26. The fourth-order valence-electron chi connectivity index (χ4n) is 8.38. The van der Waals surface area contributed by atoms with Gasteiger partial charge in [0.05, 0.1) is 0 Å². The molecule has 1 aromatic heterocycles. The molecule has 0 amide bonds. The van der Waals surface area contributed by atoms with Crippen LogP contribution in [0.5, 0.6) is 0 Å². The third-order valence-corrected chi connectivity index (χ3v) is 11.3. The van der Waals surface area contributed by atoms with Gasteiger partial charge in [0.2, 0.25) is 0 Å². The van der Waals surface area contributed by atoms with E-state index in [-0.39, 0.29) is 0 Å². The summed E-state index contributed by atoms with van der Waals surface area (Å²) in [6.07, 6.45) is 0. The summed E-state index contributed by atoms with van der Waals surface area (Å²) in [7, 11) is 0. The number of furan rings is 1. The highest BCUT2D eigenvalue weighted by molar-refractivity contribution is 6.10. The molecule has 0 aliphatic carbocycles. The molecule has 56 heavy (non-hydrogen) atoms. The molecule has 1 heterocycles. The second-order valence-corrected chi connectivity index (χ2v) is 14.5. The molecule has 10 aromatic carbocycles. The molecule has 11 rings (SSSR count). The number of rotatable bonds is 6. The number of fused-ring (bicyclic) bond motifs is 7. The second-order valence-electron chi connectivity index (χ2n) is 14.5. The van der Waals surface area contributed by atoms with E-state index in [1.54, 1.807) is 0 Å². The molecular formula is C54H35NO. The average Bonchev–Trinajstić information content (AvgIpc) is 3.66. The van der Waals surface area contributed by atoms with E-state index in [9.17, 15) is 0 Å². The zero-order valence-electron chi connectivity index (χ0n) is 30.6. The van der Waals surface area contributed by atoms with Crippen molar-refractivity contribution in [3.8, 4) is 33.4 Å². The molecule has 0 bridgehead atoms. The van der Waals surface area contributed by atoms with Crippen LogP contribution in [0.15, 0.2) is 217 Å². The van der Waals surface area contributed by atoms with Crippen LogP contribution in [0.3, 0.4) is 0 Å². The summed E-state index contributed by atoms with van der Waals surface area (Å²) in [4.78, 5) is 2.35. The van der Waals surface area contributed by atoms with Gasteiger partial charge in [0, 0.05) is 33.4 Å². The van der Waals surface area contributed by atoms with Gasteiger partial charge in [0.15, 0.2) is 0 Å². The molecular weight excluding hydrogens is 679 g/mol. The van der Waals surface area contributed by atoms with Crippen LogP contribution in [0.1, 0.15) is 0 Å². The van der Waals surface area contributed by atoms with Crippen LogP contribution in [-0.4, -0.2) is 0 Å². The van der Waals surface area contributed by atoms with Gasteiger partial charge in [0.25, 0.3) is 0 Å². The Morgan fingerprint density at radius 3 is 1.57 bits per heavy atom. The molecule has 0 saturated heterocycles. The highest BCUT2D eigenvalue weighted by Crippen LogP contribution is 2.41. The molecule has 2 nitrogen and oxygen atoms in total.